The minimum atomic E-state index is -6.20. The van der Waals surface area contributed by atoms with Crippen LogP contribution in [0.15, 0.2) is 133 Å². The molecule has 1 heterocycles. The second-order valence-corrected chi connectivity index (χ2v) is 19.8. The molecule has 5 aromatic carbocycles. The summed E-state index contributed by atoms with van der Waals surface area (Å²) in [7, 11) is -3.59. The standard InChI is InChI=1S/C50H62N3O5P/c1-38(2)53(39(3)4)48(37-51,49(41-27-15-11-16-28-41,42-29-17-12-18-30-42)43-31-19-13-20-32-43)50(57-5,58-6)59(54,55,56)36-23-10-8-7-9-14-25-40-26-24-34-45-44-33-21-22-35-46(44)52-47(40)45/h11-13,15-22,24,26-35,38-39,52,54-56H,7-10,14,23,25,36H2,1-6H3. The molecule has 0 aliphatic carbocycles. The SMILES string of the molecule is COC(OC)(C(C#N)(N(C(C)C)C(C)C)C(c1ccccc1)(c1ccccc1)c1ccccc1)P(O)(O)(O)CCCCCCCCc1cccc2c1[nH]c1ccccc12. The number of aromatic amines is 1. The van der Waals surface area contributed by atoms with Crippen LogP contribution in [0.25, 0.3) is 21.8 Å². The predicted octanol–water partition coefficient (Wildman–Crippen LogP) is 10.8. The number of H-pyrrole nitrogens is 1. The molecule has 6 rings (SSSR count). The molecule has 0 saturated heterocycles. The van der Waals surface area contributed by atoms with Gasteiger partial charge in [0.25, 0.3) is 0 Å². The van der Waals surface area contributed by atoms with Crippen LogP contribution in [0.5, 0.6) is 0 Å². The van der Waals surface area contributed by atoms with Gasteiger partial charge in [0.1, 0.15) is 0 Å². The molecule has 1 aromatic heterocycles. The van der Waals surface area contributed by atoms with Gasteiger partial charge in [-0.25, -0.2) is 0 Å². The number of para-hydroxylation sites is 2. The summed E-state index contributed by atoms with van der Waals surface area (Å²) in [5.74, 6) is 0. The van der Waals surface area contributed by atoms with Crippen LogP contribution >= 0.6 is 7.28 Å². The Balaban J connectivity index is 1.35. The minimum Gasteiger partial charge on any atom is -0.0615 e. The van der Waals surface area contributed by atoms with E-state index in [4.69, 9.17) is 9.47 Å². The number of aromatic nitrogens is 1. The molecule has 0 amide bonds. The molecular weight excluding hydrogens is 754 g/mol. The van der Waals surface area contributed by atoms with Crippen molar-refractivity contribution >= 4 is 29.1 Å². The minimum absolute atomic E-state index is 0.282. The summed E-state index contributed by atoms with van der Waals surface area (Å²) in [5.41, 5.74) is -0.625. The molecule has 0 bridgehead atoms. The molecule has 59 heavy (non-hydrogen) atoms. The quantitative estimate of drug-likeness (QED) is 0.0262. The first-order valence-corrected chi connectivity index (χ1v) is 23.3. The second-order valence-electron chi connectivity index (χ2n) is 16.5. The average Bonchev–Trinajstić information content (AvgIpc) is 3.62. The third-order valence-electron chi connectivity index (χ3n) is 12.3. The van der Waals surface area contributed by atoms with E-state index >= 15 is 0 Å². The smallest absolute Gasteiger partial charge is 0.0615 e. The van der Waals surface area contributed by atoms with Gasteiger partial charge in [-0.15, -0.1) is 0 Å². The summed E-state index contributed by atoms with van der Waals surface area (Å²) < 4.78 is 12.8. The maximum absolute atomic E-state index is 12.9. The number of ether oxygens (including phenoxy) is 2. The fourth-order valence-electron chi connectivity index (χ4n) is 10.2. The molecule has 0 fully saturated rings. The summed E-state index contributed by atoms with van der Waals surface area (Å²) in [6.07, 6.45) is 5.29. The van der Waals surface area contributed by atoms with E-state index in [9.17, 15) is 19.9 Å². The topological polar surface area (TPSA) is 122 Å². The molecule has 1 unspecified atom stereocenters. The van der Waals surface area contributed by atoms with Crippen molar-refractivity contribution in [3.63, 3.8) is 0 Å². The first-order chi connectivity index (χ1) is 28.3. The van der Waals surface area contributed by atoms with Gasteiger partial charge >= 0.3 is 327 Å². The predicted molar refractivity (Wildman–Crippen MR) is 242 cm³/mol. The molecule has 312 valence electrons. The number of hydrogen-bond donors (Lipinski definition) is 4. The van der Waals surface area contributed by atoms with Crippen LogP contribution in [0.2, 0.25) is 0 Å². The second kappa shape index (κ2) is 18.1. The Morgan fingerprint density at radius 1 is 0.610 bits per heavy atom. The summed E-state index contributed by atoms with van der Waals surface area (Å²) in [6.45, 7) is 7.87. The van der Waals surface area contributed by atoms with E-state index in [2.05, 4.69) is 53.5 Å². The van der Waals surface area contributed by atoms with Crippen LogP contribution < -0.4 is 0 Å². The number of unbranched alkanes of at least 4 members (excludes halogenated alkanes) is 5. The van der Waals surface area contributed by atoms with Crippen LogP contribution in [-0.4, -0.2) is 68.1 Å². The zero-order valence-electron chi connectivity index (χ0n) is 35.5. The summed E-state index contributed by atoms with van der Waals surface area (Å²) in [5, 5.41) is 14.7. The van der Waals surface area contributed by atoms with Gasteiger partial charge in [-0.2, -0.15) is 0 Å². The zero-order chi connectivity index (χ0) is 42.3. The van der Waals surface area contributed by atoms with Crippen LogP contribution in [0, 0.1) is 11.3 Å². The van der Waals surface area contributed by atoms with E-state index in [1.54, 1.807) is 0 Å². The summed E-state index contributed by atoms with van der Waals surface area (Å²) in [6, 6.07) is 45.7. The Labute approximate surface area is 350 Å². The number of hydrogen-bond acceptors (Lipinski definition) is 7. The van der Waals surface area contributed by atoms with Crippen LogP contribution in [0.1, 0.15) is 88.5 Å². The van der Waals surface area contributed by atoms with Crippen molar-refractivity contribution in [3.05, 3.63) is 156 Å². The summed E-state index contributed by atoms with van der Waals surface area (Å²) >= 11 is 0. The summed E-state index contributed by atoms with van der Waals surface area (Å²) in [4.78, 5) is 44.2. The third-order valence-corrected chi connectivity index (χ3v) is 15.4. The molecule has 1 atom stereocenters. The van der Waals surface area contributed by atoms with Crippen LogP contribution in [0.3, 0.4) is 0 Å². The van der Waals surface area contributed by atoms with Crippen molar-refractivity contribution in [1.82, 2.24) is 9.88 Å². The van der Waals surface area contributed by atoms with E-state index in [1.807, 2.05) is 124 Å². The van der Waals surface area contributed by atoms with E-state index in [1.165, 1.54) is 36.1 Å². The molecular formula is C50H62N3O5P. The molecule has 0 saturated carbocycles. The number of methoxy groups -OCH3 is 2. The Hall–Kier alpha value is -4.42. The Morgan fingerprint density at radius 2 is 1.07 bits per heavy atom. The molecule has 8 nitrogen and oxygen atoms in total. The number of aryl methyl sites for hydroxylation is 1. The normalized spacial score (nSPS) is 14.5. The zero-order valence-corrected chi connectivity index (χ0v) is 36.4. The molecule has 0 spiro atoms. The van der Waals surface area contributed by atoms with Gasteiger partial charge in [0, 0.05) is 0 Å². The maximum atomic E-state index is 12.9. The fraction of sp³-hybridized carbons (Fsp3) is 0.380. The fourth-order valence-corrected chi connectivity index (χ4v) is 13.0. The average molecular weight is 816 g/mol. The molecule has 0 aliphatic heterocycles. The van der Waals surface area contributed by atoms with Crippen LogP contribution in [-0.2, 0) is 21.3 Å². The van der Waals surface area contributed by atoms with E-state index < -0.39 is 29.9 Å². The molecule has 0 aliphatic rings. The van der Waals surface area contributed by atoms with E-state index in [0.717, 1.165) is 37.6 Å². The first kappa shape index (κ1) is 44.1. The van der Waals surface area contributed by atoms with Crippen molar-refractivity contribution in [1.29, 1.82) is 5.26 Å². The van der Waals surface area contributed by atoms with Gasteiger partial charge in [-0.1, -0.05) is 18.2 Å². The molecule has 0 radical (unpaired) electrons. The molecule has 9 heteroatoms. The number of fused-ring (bicyclic) bond motifs is 3. The molecule has 4 N–H and O–H groups in total. The van der Waals surface area contributed by atoms with Gasteiger partial charge in [-0.3, -0.25) is 0 Å². The first-order valence-electron chi connectivity index (χ1n) is 21.0. The van der Waals surface area contributed by atoms with Gasteiger partial charge in [0.15, 0.2) is 0 Å². The Bertz CT molecular complexity index is 2210. The molecule has 6 aromatic rings. The van der Waals surface area contributed by atoms with Gasteiger partial charge in [-0.05, 0) is 6.07 Å². The van der Waals surface area contributed by atoms with Crippen molar-refractivity contribution < 1.29 is 24.2 Å². The number of benzene rings is 5. The van der Waals surface area contributed by atoms with Crippen molar-refractivity contribution in [2.75, 3.05) is 20.4 Å². The monoisotopic (exact) mass is 815 g/mol. The van der Waals surface area contributed by atoms with E-state index in [-0.39, 0.29) is 18.5 Å². The van der Waals surface area contributed by atoms with Gasteiger partial charge in [0.2, 0.25) is 0 Å². The van der Waals surface area contributed by atoms with Crippen molar-refractivity contribution in [2.24, 2.45) is 0 Å². The number of nitrogens with one attached hydrogen (secondary N) is 1. The number of rotatable bonds is 20. The number of nitriles is 1. The Morgan fingerprint density at radius 3 is 1.56 bits per heavy atom. The third kappa shape index (κ3) is 7.64. The Kier molecular flexibility index (Phi) is 13.5. The van der Waals surface area contributed by atoms with Gasteiger partial charge < -0.3 is 0 Å². The van der Waals surface area contributed by atoms with E-state index in [0.29, 0.717) is 23.1 Å². The van der Waals surface area contributed by atoms with Gasteiger partial charge in [0.05, 0.1) is 0 Å². The van der Waals surface area contributed by atoms with Crippen molar-refractivity contribution in [2.45, 2.75) is 101 Å². The van der Waals surface area contributed by atoms with Crippen molar-refractivity contribution in [3.8, 4) is 6.07 Å². The van der Waals surface area contributed by atoms with Crippen LogP contribution in [0.4, 0.5) is 0 Å². The number of nitrogens with zero attached hydrogens (tertiary/aromatic N) is 2.